The number of hydrogen-bond acceptors (Lipinski definition) is 8. The highest BCUT2D eigenvalue weighted by atomic mass is 32.1. The number of aryl methyl sites for hydroxylation is 1. The van der Waals surface area contributed by atoms with Crippen LogP contribution in [0.15, 0.2) is 41.8 Å². The molecule has 1 amide bonds. The number of carbonyl (C=O) groups excluding carboxylic acids is 2. The Labute approximate surface area is 205 Å². The maximum absolute atomic E-state index is 13.2. The summed E-state index contributed by atoms with van der Waals surface area (Å²) in [6.07, 6.45) is 1.85. The molecule has 7 nitrogen and oxygen atoms in total. The highest BCUT2D eigenvalue weighted by Gasteiger charge is 2.25. The van der Waals surface area contributed by atoms with E-state index in [4.69, 9.17) is 15.2 Å². The number of pyridine rings is 1. The third-order valence-electron chi connectivity index (χ3n) is 5.26. The number of methoxy groups -OCH3 is 1. The summed E-state index contributed by atoms with van der Waals surface area (Å²) in [5.41, 5.74) is 9.46. The third-order valence-corrected chi connectivity index (χ3v) is 7.27. The molecular formula is C25H25N3O4S2. The van der Waals surface area contributed by atoms with Gasteiger partial charge in [-0.15, -0.1) is 22.7 Å². The van der Waals surface area contributed by atoms with E-state index >= 15 is 0 Å². The van der Waals surface area contributed by atoms with Gasteiger partial charge in [0, 0.05) is 22.0 Å². The second-order valence-corrected chi connectivity index (χ2v) is 9.39. The number of nitrogens with one attached hydrogen (secondary N) is 1. The minimum atomic E-state index is -0.500. The van der Waals surface area contributed by atoms with Crippen LogP contribution in [0, 0.1) is 0 Å². The van der Waals surface area contributed by atoms with Gasteiger partial charge in [-0.1, -0.05) is 25.5 Å². The summed E-state index contributed by atoms with van der Waals surface area (Å²) in [5, 5.41) is 5.87. The van der Waals surface area contributed by atoms with Crippen molar-refractivity contribution in [3.63, 3.8) is 0 Å². The fraction of sp³-hybridized carbons (Fsp3) is 0.240. The van der Waals surface area contributed by atoms with Crippen LogP contribution in [0.25, 0.3) is 21.3 Å². The number of hydrogen-bond donors (Lipinski definition) is 2. The lowest BCUT2D eigenvalue weighted by molar-refractivity contribution is 0.0529. The first-order chi connectivity index (χ1) is 16.5. The molecule has 0 saturated heterocycles. The van der Waals surface area contributed by atoms with Crippen molar-refractivity contribution in [2.45, 2.75) is 26.7 Å². The van der Waals surface area contributed by atoms with Gasteiger partial charge in [0.05, 0.1) is 19.4 Å². The second kappa shape index (κ2) is 10.2. The van der Waals surface area contributed by atoms with Gasteiger partial charge < -0.3 is 20.5 Å². The quantitative estimate of drug-likeness (QED) is 0.291. The van der Waals surface area contributed by atoms with Crippen LogP contribution in [-0.2, 0) is 11.2 Å². The van der Waals surface area contributed by atoms with Crippen molar-refractivity contribution in [1.82, 2.24) is 4.98 Å². The lowest BCUT2D eigenvalue weighted by atomic mass is 10.0. The standard InChI is InChI=1S/C25H25N3O4S2/c1-4-6-15-9-12-17-20(26)21(34-23(17)27-15)22(29)28-24-19(25(30)32-5-2)18(13-33-24)14-7-10-16(31-3)11-8-14/h7-13H,4-6,26H2,1-3H3,(H,28,29). The molecule has 3 N–H and O–H groups in total. The van der Waals surface area contributed by atoms with Crippen molar-refractivity contribution in [2.24, 2.45) is 0 Å². The zero-order valence-electron chi connectivity index (χ0n) is 19.1. The number of ether oxygens (including phenoxy) is 2. The number of rotatable bonds is 8. The van der Waals surface area contributed by atoms with Crippen LogP contribution in [0.2, 0.25) is 0 Å². The Morgan fingerprint density at radius 3 is 2.56 bits per heavy atom. The molecule has 0 aliphatic rings. The number of thiophene rings is 2. The molecular weight excluding hydrogens is 470 g/mol. The third kappa shape index (κ3) is 4.62. The average molecular weight is 496 g/mol. The zero-order chi connectivity index (χ0) is 24.2. The monoisotopic (exact) mass is 495 g/mol. The number of esters is 1. The zero-order valence-corrected chi connectivity index (χ0v) is 20.8. The fourth-order valence-electron chi connectivity index (χ4n) is 3.60. The molecule has 0 aliphatic carbocycles. The molecule has 0 radical (unpaired) electrons. The summed E-state index contributed by atoms with van der Waals surface area (Å²) in [6, 6.07) is 11.2. The molecule has 176 valence electrons. The van der Waals surface area contributed by atoms with Crippen LogP contribution < -0.4 is 15.8 Å². The number of benzene rings is 1. The Kier molecular flexibility index (Phi) is 7.14. The predicted molar refractivity (Wildman–Crippen MR) is 138 cm³/mol. The van der Waals surface area contributed by atoms with Crippen molar-refractivity contribution in [3.05, 3.63) is 57.9 Å². The van der Waals surface area contributed by atoms with Crippen molar-refractivity contribution in [1.29, 1.82) is 0 Å². The molecule has 3 aromatic heterocycles. The first-order valence-corrected chi connectivity index (χ1v) is 12.6. The van der Waals surface area contributed by atoms with E-state index in [0.29, 0.717) is 32.4 Å². The number of fused-ring (bicyclic) bond motifs is 1. The molecule has 0 spiro atoms. The number of nitrogen functional groups attached to an aromatic ring is 1. The van der Waals surface area contributed by atoms with Crippen molar-refractivity contribution < 1.29 is 19.1 Å². The Hall–Kier alpha value is -3.43. The Morgan fingerprint density at radius 2 is 1.88 bits per heavy atom. The van der Waals surface area contributed by atoms with Gasteiger partial charge in [0.25, 0.3) is 5.91 Å². The van der Waals surface area contributed by atoms with E-state index < -0.39 is 5.97 Å². The van der Waals surface area contributed by atoms with E-state index in [9.17, 15) is 9.59 Å². The minimum absolute atomic E-state index is 0.221. The fourth-order valence-corrected chi connectivity index (χ4v) is 5.56. The van der Waals surface area contributed by atoms with Crippen LogP contribution in [0.5, 0.6) is 5.75 Å². The summed E-state index contributed by atoms with van der Waals surface area (Å²) in [7, 11) is 1.59. The van der Waals surface area contributed by atoms with E-state index in [1.54, 1.807) is 14.0 Å². The topological polar surface area (TPSA) is 104 Å². The average Bonchev–Trinajstić information content (AvgIpc) is 3.40. The number of aromatic nitrogens is 1. The largest absolute Gasteiger partial charge is 0.497 e. The van der Waals surface area contributed by atoms with Gasteiger partial charge >= 0.3 is 5.97 Å². The first kappa shape index (κ1) is 23.7. The molecule has 0 fully saturated rings. The summed E-state index contributed by atoms with van der Waals surface area (Å²) < 4.78 is 10.5. The lowest BCUT2D eigenvalue weighted by Crippen LogP contribution is -2.14. The van der Waals surface area contributed by atoms with Gasteiger partial charge in [-0.2, -0.15) is 0 Å². The summed E-state index contributed by atoms with van der Waals surface area (Å²) in [6.45, 7) is 4.06. The molecule has 1 aromatic carbocycles. The van der Waals surface area contributed by atoms with Crippen molar-refractivity contribution in [3.8, 4) is 16.9 Å². The summed E-state index contributed by atoms with van der Waals surface area (Å²) in [4.78, 5) is 31.8. The Balaban J connectivity index is 1.69. The van der Waals surface area contributed by atoms with Gasteiger partial charge in [0.2, 0.25) is 0 Å². The van der Waals surface area contributed by atoms with Crippen LogP contribution in [-0.4, -0.2) is 30.6 Å². The number of amides is 1. The van der Waals surface area contributed by atoms with E-state index in [2.05, 4.69) is 17.2 Å². The molecule has 0 atom stereocenters. The van der Waals surface area contributed by atoms with E-state index in [-0.39, 0.29) is 12.5 Å². The number of anilines is 2. The van der Waals surface area contributed by atoms with E-state index in [1.807, 2.05) is 41.8 Å². The molecule has 3 heterocycles. The molecule has 0 bridgehead atoms. The van der Waals surface area contributed by atoms with Crippen molar-refractivity contribution >= 4 is 55.5 Å². The van der Waals surface area contributed by atoms with Gasteiger partial charge in [0.1, 0.15) is 26.0 Å². The van der Waals surface area contributed by atoms with Gasteiger partial charge in [-0.3, -0.25) is 4.79 Å². The Bertz CT molecular complexity index is 1340. The molecule has 4 aromatic rings. The van der Waals surface area contributed by atoms with Crippen LogP contribution in [0.1, 0.15) is 46.0 Å². The van der Waals surface area contributed by atoms with Crippen molar-refractivity contribution in [2.75, 3.05) is 24.8 Å². The number of nitrogens with zero attached hydrogens (tertiary/aromatic N) is 1. The van der Waals surface area contributed by atoms with Gasteiger partial charge in [0.15, 0.2) is 0 Å². The molecule has 0 saturated carbocycles. The predicted octanol–water partition coefficient (Wildman–Crippen LogP) is 6.00. The Morgan fingerprint density at radius 1 is 1.12 bits per heavy atom. The second-order valence-electron chi connectivity index (χ2n) is 7.51. The maximum Gasteiger partial charge on any atom is 0.341 e. The van der Waals surface area contributed by atoms with Crippen LogP contribution in [0.4, 0.5) is 10.7 Å². The summed E-state index contributed by atoms with van der Waals surface area (Å²) in [5.74, 6) is -0.174. The summed E-state index contributed by atoms with van der Waals surface area (Å²) >= 11 is 2.51. The van der Waals surface area contributed by atoms with Gasteiger partial charge in [-0.05, 0) is 43.2 Å². The number of carbonyl (C=O) groups is 2. The number of nitrogens with two attached hydrogens (primary N) is 1. The molecule has 4 rings (SSSR count). The first-order valence-electron chi connectivity index (χ1n) is 10.9. The molecule has 34 heavy (non-hydrogen) atoms. The smallest absolute Gasteiger partial charge is 0.341 e. The SMILES string of the molecule is CCCc1ccc2c(N)c(C(=O)Nc3scc(-c4ccc(OC)cc4)c3C(=O)OCC)sc2n1. The van der Waals surface area contributed by atoms with Crippen LogP contribution in [0.3, 0.4) is 0 Å². The molecule has 0 unspecified atom stereocenters. The highest BCUT2D eigenvalue weighted by Crippen LogP contribution is 2.38. The lowest BCUT2D eigenvalue weighted by Gasteiger charge is -2.09. The highest BCUT2D eigenvalue weighted by molar-refractivity contribution is 7.21. The van der Waals surface area contributed by atoms with Crippen LogP contribution >= 0.6 is 22.7 Å². The van der Waals surface area contributed by atoms with E-state index in [0.717, 1.165) is 34.3 Å². The van der Waals surface area contributed by atoms with E-state index in [1.165, 1.54) is 22.7 Å². The maximum atomic E-state index is 13.2. The normalized spacial score (nSPS) is 10.9. The molecule has 9 heteroatoms. The minimum Gasteiger partial charge on any atom is -0.497 e. The molecule has 0 aliphatic heterocycles. The van der Waals surface area contributed by atoms with Gasteiger partial charge in [-0.25, -0.2) is 9.78 Å².